The van der Waals surface area contributed by atoms with E-state index in [-0.39, 0.29) is 17.3 Å². The van der Waals surface area contributed by atoms with Crippen LogP contribution in [-0.2, 0) is 9.59 Å². The molecule has 0 aliphatic carbocycles. The number of fused-ring (bicyclic) bond motifs is 1. The number of rotatable bonds is 5. The number of carbonyl (C=O) groups excluding carboxylic acids is 1. The lowest BCUT2D eigenvalue weighted by atomic mass is 10.1. The molecule has 2 aromatic carbocycles. The molecule has 0 aliphatic rings. The largest absolute Gasteiger partial charge is 0.504 e. The number of carboxylic acids is 1. The highest BCUT2D eigenvalue weighted by molar-refractivity contribution is 7.99. The minimum atomic E-state index is -1.13. The van der Waals surface area contributed by atoms with Crippen LogP contribution in [0.25, 0.3) is 10.8 Å². The average Bonchev–Trinajstić information content (AvgIpc) is 2.47. The number of phenols is 2. The first-order chi connectivity index (χ1) is 10.4. The van der Waals surface area contributed by atoms with Gasteiger partial charge in [-0.05, 0) is 11.5 Å². The van der Waals surface area contributed by atoms with E-state index >= 15 is 0 Å². The highest BCUT2D eigenvalue weighted by Gasteiger charge is 2.20. The summed E-state index contributed by atoms with van der Waals surface area (Å²) in [5, 5.41) is 32.3. The molecular weight excluding hydrogens is 306 g/mol. The number of carboxylic acid groups (broad SMARTS) is 1. The van der Waals surface area contributed by atoms with E-state index in [2.05, 4.69) is 5.32 Å². The zero-order valence-electron chi connectivity index (χ0n) is 11.7. The number of benzene rings is 2. The van der Waals surface area contributed by atoms with Crippen molar-refractivity contribution < 1.29 is 24.9 Å². The summed E-state index contributed by atoms with van der Waals surface area (Å²) in [7, 11) is 0. The molecule has 0 fully saturated rings. The van der Waals surface area contributed by atoms with Crippen LogP contribution in [0.1, 0.15) is 6.92 Å². The van der Waals surface area contributed by atoms with Crippen molar-refractivity contribution in [2.75, 3.05) is 5.75 Å². The summed E-state index contributed by atoms with van der Waals surface area (Å²) in [5.41, 5.74) is 0. The van der Waals surface area contributed by atoms with Crippen LogP contribution in [0.5, 0.6) is 11.5 Å². The van der Waals surface area contributed by atoms with Crippen LogP contribution >= 0.6 is 11.8 Å². The Labute approximate surface area is 130 Å². The van der Waals surface area contributed by atoms with Gasteiger partial charge in [0.1, 0.15) is 6.04 Å². The first kappa shape index (κ1) is 16.0. The highest BCUT2D eigenvalue weighted by Crippen LogP contribution is 2.40. The van der Waals surface area contributed by atoms with E-state index in [1.54, 1.807) is 24.3 Å². The molecule has 0 spiro atoms. The van der Waals surface area contributed by atoms with Crippen molar-refractivity contribution in [1.29, 1.82) is 0 Å². The summed E-state index contributed by atoms with van der Waals surface area (Å²) in [6.45, 7) is 1.25. The van der Waals surface area contributed by atoms with Gasteiger partial charge in [0.25, 0.3) is 0 Å². The average molecular weight is 321 g/mol. The molecule has 0 aromatic heterocycles. The van der Waals surface area contributed by atoms with Crippen LogP contribution in [0, 0.1) is 0 Å². The molecule has 0 aliphatic heterocycles. The number of hydrogen-bond donors (Lipinski definition) is 4. The molecule has 0 unspecified atom stereocenters. The monoisotopic (exact) mass is 321 g/mol. The molecule has 2 aromatic rings. The first-order valence-corrected chi connectivity index (χ1v) is 7.45. The minimum Gasteiger partial charge on any atom is -0.504 e. The van der Waals surface area contributed by atoms with Gasteiger partial charge < -0.3 is 20.6 Å². The van der Waals surface area contributed by atoms with Crippen LogP contribution in [0.4, 0.5) is 0 Å². The first-order valence-electron chi connectivity index (χ1n) is 6.46. The fourth-order valence-electron chi connectivity index (χ4n) is 2.03. The summed E-state index contributed by atoms with van der Waals surface area (Å²) in [6.07, 6.45) is 0. The Bertz CT molecular complexity index is 731. The molecule has 7 heteroatoms. The second-order valence-electron chi connectivity index (χ2n) is 4.69. The Morgan fingerprint density at radius 2 is 1.86 bits per heavy atom. The Morgan fingerprint density at radius 1 is 1.23 bits per heavy atom. The number of carbonyl (C=O) groups is 2. The molecule has 1 amide bonds. The number of aromatic hydroxyl groups is 2. The topological polar surface area (TPSA) is 107 Å². The van der Waals surface area contributed by atoms with E-state index in [1.807, 2.05) is 0 Å². The van der Waals surface area contributed by atoms with Gasteiger partial charge >= 0.3 is 5.97 Å². The Balaban J connectivity index is 2.30. The van der Waals surface area contributed by atoms with E-state index in [9.17, 15) is 19.8 Å². The van der Waals surface area contributed by atoms with Gasteiger partial charge in [0.15, 0.2) is 11.5 Å². The van der Waals surface area contributed by atoms with Crippen LogP contribution < -0.4 is 5.32 Å². The zero-order chi connectivity index (χ0) is 16.3. The van der Waals surface area contributed by atoms with E-state index in [4.69, 9.17) is 5.11 Å². The third kappa shape index (κ3) is 3.43. The van der Waals surface area contributed by atoms with Gasteiger partial charge in [-0.3, -0.25) is 4.79 Å². The molecule has 6 nitrogen and oxygen atoms in total. The third-order valence-corrected chi connectivity index (χ3v) is 4.19. The summed E-state index contributed by atoms with van der Waals surface area (Å²) in [5.74, 6) is -1.94. The predicted molar refractivity (Wildman–Crippen MR) is 83.2 cm³/mol. The highest BCUT2D eigenvalue weighted by atomic mass is 32.2. The van der Waals surface area contributed by atoms with Gasteiger partial charge in [-0.1, -0.05) is 24.3 Å². The van der Waals surface area contributed by atoms with E-state index in [1.165, 1.54) is 24.8 Å². The number of thioether (sulfide) groups is 1. The molecule has 0 saturated carbocycles. The van der Waals surface area contributed by atoms with Crippen molar-refractivity contribution in [2.24, 2.45) is 0 Å². The third-order valence-electron chi connectivity index (χ3n) is 3.04. The van der Waals surface area contributed by atoms with Gasteiger partial charge in [0.2, 0.25) is 5.91 Å². The summed E-state index contributed by atoms with van der Waals surface area (Å²) in [4.78, 5) is 22.8. The van der Waals surface area contributed by atoms with Crippen molar-refractivity contribution in [3.63, 3.8) is 0 Å². The maximum atomic E-state index is 11.1. The van der Waals surface area contributed by atoms with Crippen LogP contribution in [-0.4, -0.2) is 39.0 Å². The second-order valence-corrected chi connectivity index (χ2v) is 5.75. The number of phenolic OH excluding ortho intramolecular Hbond substituents is 2. The molecule has 0 radical (unpaired) electrons. The lowest BCUT2D eigenvalue weighted by Gasteiger charge is -2.14. The van der Waals surface area contributed by atoms with Crippen molar-refractivity contribution in [1.82, 2.24) is 5.32 Å². The number of aliphatic carboxylic acids is 1. The Kier molecular flexibility index (Phi) is 4.77. The van der Waals surface area contributed by atoms with E-state index in [0.717, 1.165) is 0 Å². The van der Waals surface area contributed by atoms with Gasteiger partial charge in [-0.15, -0.1) is 11.8 Å². The number of hydrogen-bond acceptors (Lipinski definition) is 5. The lowest BCUT2D eigenvalue weighted by molar-refractivity contribution is -0.140. The number of nitrogens with one attached hydrogen (secondary N) is 1. The van der Waals surface area contributed by atoms with Gasteiger partial charge in [-0.25, -0.2) is 4.79 Å². The van der Waals surface area contributed by atoms with Gasteiger partial charge in [0, 0.05) is 23.0 Å². The van der Waals surface area contributed by atoms with Crippen LogP contribution in [0.3, 0.4) is 0 Å². The second kappa shape index (κ2) is 6.57. The van der Waals surface area contributed by atoms with Crippen molar-refractivity contribution in [3.05, 3.63) is 30.3 Å². The standard InChI is InChI=1S/C15H15NO5S/c1-8(17)16-11(15(20)21)7-22-13-6-12(18)14(19)10-5-3-2-4-9(10)13/h2-6,11,18-19H,7H2,1H3,(H,16,17)(H,20,21)/t11-/m0/s1. The summed E-state index contributed by atoms with van der Waals surface area (Å²) in [6, 6.07) is 7.30. The Hall–Kier alpha value is -2.41. The van der Waals surface area contributed by atoms with Gasteiger partial charge in [0.05, 0.1) is 0 Å². The maximum Gasteiger partial charge on any atom is 0.327 e. The van der Waals surface area contributed by atoms with Crippen LogP contribution in [0.15, 0.2) is 35.2 Å². The molecule has 1 atom stereocenters. The fraction of sp³-hybridized carbons (Fsp3) is 0.200. The Morgan fingerprint density at radius 3 is 2.45 bits per heavy atom. The summed E-state index contributed by atoms with van der Waals surface area (Å²) >= 11 is 1.18. The number of amides is 1. The molecule has 2 rings (SSSR count). The maximum absolute atomic E-state index is 11.1. The van der Waals surface area contributed by atoms with E-state index in [0.29, 0.717) is 15.7 Å². The normalized spacial score (nSPS) is 12.0. The quantitative estimate of drug-likeness (QED) is 0.495. The molecule has 0 heterocycles. The predicted octanol–water partition coefficient (Wildman–Crippen LogP) is 1.93. The van der Waals surface area contributed by atoms with Gasteiger partial charge in [-0.2, -0.15) is 0 Å². The molecular formula is C15H15NO5S. The van der Waals surface area contributed by atoms with E-state index < -0.39 is 17.9 Å². The minimum absolute atomic E-state index is 0.100. The zero-order valence-corrected chi connectivity index (χ0v) is 12.6. The molecule has 22 heavy (non-hydrogen) atoms. The molecule has 0 saturated heterocycles. The van der Waals surface area contributed by atoms with Crippen molar-refractivity contribution >= 4 is 34.4 Å². The smallest absolute Gasteiger partial charge is 0.327 e. The molecule has 116 valence electrons. The SMILES string of the molecule is CC(=O)N[C@@H](CSc1cc(O)c(O)c2ccccc12)C(=O)O. The summed E-state index contributed by atoms with van der Waals surface area (Å²) < 4.78 is 0. The molecule has 0 bridgehead atoms. The van der Waals surface area contributed by atoms with Crippen molar-refractivity contribution in [3.8, 4) is 11.5 Å². The lowest BCUT2D eigenvalue weighted by Crippen LogP contribution is -2.41. The molecule has 4 N–H and O–H groups in total. The van der Waals surface area contributed by atoms with Crippen molar-refractivity contribution in [2.45, 2.75) is 17.9 Å². The van der Waals surface area contributed by atoms with Crippen LogP contribution in [0.2, 0.25) is 0 Å². The fourth-order valence-corrected chi connectivity index (χ4v) is 3.13.